The van der Waals surface area contributed by atoms with E-state index in [9.17, 15) is 0 Å². The second-order valence-corrected chi connectivity index (χ2v) is 10.1. The summed E-state index contributed by atoms with van der Waals surface area (Å²) in [6.45, 7) is 2.03. The molecule has 0 amide bonds. The summed E-state index contributed by atoms with van der Waals surface area (Å²) in [6, 6.07) is 8.00. The van der Waals surface area contributed by atoms with Crippen LogP contribution in [-0.2, 0) is 0 Å². The van der Waals surface area contributed by atoms with Gasteiger partial charge in [0.05, 0.1) is 29.0 Å². The van der Waals surface area contributed by atoms with Gasteiger partial charge in [0.1, 0.15) is 16.8 Å². The van der Waals surface area contributed by atoms with Crippen molar-refractivity contribution in [3.63, 3.8) is 0 Å². The molecule has 188 valence electrons. The molecule has 1 saturated heterocycles. The first-order valence-electron chi connectivity index (χ1n) is 13.4. The maximum absolute atomic E-state index is 6.24. The van der Waals surface area contributed by atoms with Gasteiger partial charge < -0.3 is 14.6 Å². The van der Waals surface area contributed by atoms with Gasteiger partial charge in [-0.15, -0.1) is 0 Å². The fraction of sp³-hybridized carbons (Fsp3) is 0.393. The maximum Gasteiger partial charge on any atom is 0.161 e. The molecule has 0 aromatic carbocycles. The molecule has 5 aromatic rings. The summed E-state index contributed by atoms with van der Waals surface area (Å²) in [7, 11) is 0. The lowest BCUT2D eigenvalue weighted by atomic mass is 9.98. The van der Waals surface area contributed by atoms with Gasteiger partial charge in [0.15, 0.2) is 17.3 Å². The molecule has 1 saturated carbocycles. The Morgan fingerprint density at radius 3 is 2.62 bits per heavy atom. The first-order valence-corrected chi connectivity index (χ1v) is 13.4. The predicted octanol–water partition coefficient (Wildman–Crippen LogP) is 5.66. The van der Waals surface area contributed by atoms with Crippen LogP contribution in [0.4, 0.5) is 5.82 Å². The van der Waals surface area contributed by atoms with Gasteiger partial charge >= 0.3 is 0 Å². The average molecular weight is 495 g/mol. The van der Waals surface area contributed by atoms with Crippen LogP contribution in [0.25, 0.3) is 44.8 Å². The van der Waals surface area contributed by atoms with Crippen LogP contribution < -0.4 is 9.64 Å². The minimum atomic E-state index is 0.277. The third-order valence-electron chi connectivity index (χ3n) is 7.53. The van der Waals surface area contributed by atoms with E-state index >= 15 is 0 Å². The number of anilines is 1. The van der Waals surface area contributed by atoms with Crippen molar-refractivity contribution in [3.8, 4) is 28.5 Å². The zero-order valence-corrected chi connectivity index (χ0v) is 20.8. The number of aromatic nitrogens is 7. The highest BCUT2D eigenvalue weighted by Gasteiger charge is 2.21. The third kappa shape index (κ3) is 4.28. The SMILES string of the molecule is c1cc2[nH]c(-c3n[nH]c4ccc(-c5cncc(OC6CCCCC6)c5)nc34)nc2c(N2CCCCC2)n1. The maximum atomic E-state index is 6.24. The standard InChI is InChI=1S/C28H30N8O/c1-3-7-19(8-4-1)37-20-15-18(16-29-17-20)21-9-10-23-24(31-21)26(35-34-23)27-32-22-11-12-30-28(25(22)33-27)36-13-5-2-6-14-36/h9-12,15-17,19H,1-8,13-14H2,(H,32,33)(H,34,35). The number of pyridine rings is 3. The molecule has 9 heteroatoms. The van der Waals surface area contributed by atoms with Gasteiger partial charge in [-0.05, 0) is 69.2 Å². The average Bonchev–Trinajstić information content (AvgIpc) is 3.58. The second-order valence-electron chi connectivity index (χ2n) is 10.1. The number of H-pyrrole nitrogens is 2. The number of aromatic amines is 2. The minimum absolute atomic E-state index is 0.277. The summed E-state index contributed by atoms with van der Waals surface area (Å²) in [5.41, 5.74) is 5.89. The highest BCUT2D eigenvalue weighted by atomic mass is 16.5. The largest absolute Gasteiger partial charge is 0.489 e. The van der Waals surface area contributed by atoms with Crippen molar-refractivity contribution in [1.29, 1.82) is 0 Å². The Morgan fingerprint density at radius 2 is 1.73 bits per heavy atom. The molecule has 0 spiro atoms. The summed E-state index contributed by atoms with van der Waals surface area (Å²) in [6.07, 6.45) is 15.4. The summed E-state index contributed by atoms with van der Waals surface area (Å²) in [5.74, 6) is 2.42. The molecule has 5 aromatic heterocycles. The Hall–Kier alpha value is -4.01. The molecule has 7 rings (SSSR count). The van der Waals surface area contributed by atoms with Crippen molar-refractivity contribution < 1.29 is 4.74 Å². The van der Waals surface area contributed by atoms with E-state index in [1.54, 1.807) is 6.20 Å². The lowest BCUT2D eigenvalue weighted by molar-refractivity contribution is 0.154. The van der Waals surface area contributed by atoms with Crippen molar-refractivity contribution in [2.75, 3.05) is 18.0 Å². The van der Waals surface area contributed by atoms with E-state index in [4.69, 9.17) is 14.7 Å². The van der Waals surface area contributed by atoms with Crippen molar-refractivity contribution in [3.05, 3.63) is 42.9 Å². The zero-order valence-electron chi connectivity index (χ0n) is 20.8. The topological polar surface area (TPSA) is 108 Å². The van der Waals surface area contributed by atoms with Gasteiger partial charge in [0.2, 0.25) is 0 Å². The molecular weight excluding hydrogens is 464 g/mol. The lowest BCUT2D eigenvalue weighted by Gasteiger charge is -2.27. The molecule has 2 N–H and O–H groups in total. The fourth-order valence-corrected chi connectivity index (χ4v) is 5.59. The Balaban J connectivity index is 1.23. The molecule has 37 heavy (non-hydrogen) atoms. The number of nitrogens with zero attached hydrogens (tertiary/aromatic N) is 6. The number of nitrogens with one attached hydrogen (secondary N) is 2. The van der Waals surface area contributed by atoms with Crippen molar-refractivity contribution >= 4 is 27.9 Å². The zero-order chi connectivity index (χ0) is 24.6. The number of fused-ring (bicyclic) bond motifs is 2. The number of rotatable bonds is 5. The van der Waals surface area contributed by atoms with Gasteiger partial charge in [-0.2, -0.15) is 5.10 Å². The normalized spacial score (nSPS) is 17.0. The first kappa shape index (κ1) is 22.2. The molecule has 6 heterocycles. The highest BCUT2D eigenvalue weighted by molar-refractivity contribution is 5.94. The minimum Gasteiger partial charge on any atom is -0.489 e. The number of piperidine rings is 1. The Morgan fingerprint density at radius 1 is 0.865 bits per heavy atom. The molecule has 1 aliphatic carbocycles. The molecule has 2 aliphatic rings. The van der Waals surface area contributed by atoms with E-state index in [2.05, 4.69) is 30.0 Å². The van der Waals surface area contributed by atoms with Crippen LogP contribution in [0.5, 0.6) is 5.75 Å². The van der Waals surface area contributed by atoms with Crippen molar-refractivity contribution in [1.82, 2.24) is 35.1 Å². The van der Waals surface area contributed by atoms with Gasteiger partial charge in [0, 0.05) is 31.0 Å². The molecule has 0 radical (unpaired) electrons. The Kier molecular flexibility index (Phi) is 5.68. The van der Waals surface area contributed by atoms with E-state index in [0.717, 1.165) is 70.8 Å². The summed E-state index contributed by atoms with van der Waals surface area (Å²) in [5, 5.41) is 7.69. The Labute approximate surface area is 214 Å². The van der Waals surface area contributed by atoms with Crippen LogP contribution >= 0.6 is 0 Å². The molecule has 9 nitrogen and oxygen atoms in total. The van der Waals surface area contributed by atoms with Crippen molar-refractivity contribution in [2.24, 2.45) is 0 Å². The molecule has 0 atom stereocenters. The van der Waals surface area contributed by atoms with Crippen LogP contribution in [0.3, 0.4) is 0 Å². The molecule has 1 aliphatic heterocycles. The van der Waals surface area contributed by atoms with Gasteiger partial charge in [-0.3, -0.25) is 10.1 Å². The number of hydrogen-bond donors (Lipinski definition) is 2. The summed E-state index contributed by atoms with van der Waals surface area (Å²) in [4.78, 5) is 24.8. The third-order valence-corrected chi connectivity index (χ3v) is 7.53. The number of hydrogen-bond acceptors (Lipinski definition) is 7. The summed E-state index contributed by atoms with van der Waals surface area (Å²) < 4.78 is 6.24. The molecule has 0 unspecified atom stereocenters. The lowest BCUT2D eigenvalue weighted by Crippen LogP contribution is -2.30. The number of ether oxygens (including phenoxy) is 1. The predicted molar refractivity (Wildman–Crippen MR) is 144 cm³/mol. The highest BCUT2D eigenvalue weighted by Crippen LogP contribution is 2.32. The van der Waals surface area contributed by atoms with E-state index in [0.29, 0.717) is 11.5 Å². The van der Waals surface area contributed by atoms with Crippen molar-refractivity contribution in [2.45, 2.75) is 57.5 Å². The van der Waals surface area contributed by atoms with E-state index < -0.39 is 0 Å². The second kappa shape index (κ2) is 9.46. The molecule has 0 bridgehead atoms. The van der Waals surface area contributed by atoms with Gasteiger partial charge in [-0.25, -0.2) is 15.0 Å². The van der Waals surface area contributed by atoms with Crippen LogP contribution in [-0.4, -0.2) is 54.3 Å². The van der Waals surface area contributed by atoms with Crippen LogP contribution in [0.1, 0.15) is 51.4 Å². The van der Waals surface area contributed by atoms with Crippen LogP contribution in [0, 0.1) is 0 Å². The molecular formula is C28H30N8O. The smallest absolute Gasteiger partial charge is 0.161 e. The Bertz CT molecular complexity index is 1540. The fourth-order valence-electron chi connectivity index (χ4n) is 5.59. The van der Waals surface area contributed by atoms with Gasteiger partial charge in [-0.1, -0.05) is 6.42 Å². The van der Waals surface area contributed by atoms with E-state index in [1.165, 1.54) is 38.5 Å². The quantitative estimate of drug-likeness (QED) is 0.324. The molecule has 2 fully saturated rings. The van der Waals surface area contributed by atoms with Gasteiger partial charge in [0.25, 0.3) is 0 Å². The van der Waals surface area contributed by atoms with E-state index in [1.807, 2.05) is 36.7 Å². The summed E-state index contributed by atoms with van der Waals surface area (Å²) >= 11 is 0. The van der Waals surface area contributed by atoms with Crippen LogP contribution in [0.2, 0.25) is 0 Å². The monoisotopic (exact) mass is 494 g/mol. The van der Waals surface area contributed by atoms with E-state index in [-0.39, 0.29) is 6.10 Å². The number of imidazole rings is 1. The van der Waals surface area contributed by atoms with Crippen LogP contribution in [0.15, 0.2) is 42.9 Å². The first-order chi connectivity index (χ1) is 18.3.